The van der Waals surface area contributed by atoms with Gasteiger partial charge in [-0.3, -0.25) is 4.79 Å². The molecule has 4 heteroatoms. The predicted molar refractivity (Wildman–Crippen MR) is 61.8 cm³/mol. The number of nitrogens with zero attached hydrogens (tertiary/aromatic N) is 1. The van der Waals surface area contributed by atoms with Crippen molar-refractivity contribution in [2.75, 3.05) is 13.1 Å². The lowest BCUT2D eigenvalue weighted by Gasteiger charge is -2.47. The van der Waals surface area contributed by atoms with E-state index < -0.39 is 5.60 Å². The van der Waals surface area contributed by atoms with Crippen LogP contribution in [0.1, 0.15) is 39.0 Å². The van der Waals surface area contributed by atoms with Crippen molar-refractivity contribution in [1.29, 1.82) is 0 Å². The lowest BCUT2D eigenvalue weighted by molar-refractivity contribution is -0.161. The molecule has 1 amide bonds. The third kappa shape index (κ3) is 2.23. The molecule has 2 rings (SSSR count). The first-order chi connectivity index (χ1) is 7.54. The summed E-state index contributed by atoms with van der Waals surface area (Å²) in [4.78, 5) is 13.9. The number of hydrogen-bond donors (Lipinski definition) is 2. The number of amides is 1. The first kappa shape index (κ1) is 11.9. The van der Waals surface area contributed by atoms with Gasteiger partial charge in [0.15, 0.2) is 0 Å². The summed E-state index contributed by atoms with van der Waals surface area (Å²) < 4.78 is 0. The monoisotopic (exact) mass is 226 g/mol. The third-order valence-corrected chi connectivity index (χ3v) is 4.00. The van der Waals surface area contributed by atoms with Gasteiger partial charge in [0.25, 0.3) is 0 Å². The minimum Gasteiger partial charge on any atom is -0.386 e. The van der Waals surface area contributed by atoms with Crippen molar-refractivity contribution in [1.82, 2.24) is 4.90 Å². The normalized spacial score (nSPS) is 33.3. The van der Waals surface area contributed by atoms with Gasteiger partial charge in [0.05, 0.1) is 18.7 Å². The Morgan fingerprint density at radius 1 is 1.50 bits per heavy atom. The second-order valence-electron chi connectivity index (χ2n) is 5.40. The Kier molecular flexibility index (Phi) is 3.22. The summed E-state index contributed by atoms with van der Waals surface area (Å²) in [6, 6.07) is 0.189. The Morgan fingerprint density at radius 2 is 2.19 bits per heavy atom. The Balaban J connectivity index is 1.85. The van der Waals surface area contributed by atoms with Crippen molar-refractivity contribution in [2.24, 2.45) is 11.7 Å². The van der Waals surface area contributed by atoms with Crippen LogP contribution >= 0.6 is 0 Å². The molecular formula is C12H22N2O2. The predicted octanol–water partition coefficient (Wildman–Crippen LogP) is 0.487. The van der Waals surface area contributed by atoms with Crippen LogP contribution in [0.4, 0.5) is 0 Å². The summed E-state index contributed by atoms with van der Waals surface area (Å²) in [6.45, 7) is 2.97. The summed E-state index contributed by atoms with van der Waals surface area (Å²) in [7, 11) is 0. The van der Waals surface area contributed by atoms with Crippen LogP contribution < -0.4 is 5.73 Å². The third-order valence-electron chi connectivity index (χ3n) is 4.00. The second-order valence-corrected chi connectivity index (χ2v) is 5.40. The van der Waals surface area contributed by atoms with Gasteiger partial charge in [-0.05, 0) is 25.7 Å². The van der Waals surface area contributed by atoms with Gasteiger partial charge < -0.3 is 15.7 Å². The summed E-state index contributed by atoms with van der Waals surface area (Å²) in [5, 5.41) is 9.87. The van der Waals surface area contributed by atoms with Crippen LogP contribution in [0, 0.1) is 5.92 Å². The molecule has 2 atom stereocenters. The van der Waals surface area contributed by atoms with Gasteiger partial charge in [-0.25, -0.2) is 0 Å². The Morgan fingerprint density at radius 3 is 2.75 bits per heavy atom. The van der Waals surface area contributed by atoms with E-state index in [1.165, 1.54) is 0 Å². The molecule has 4 nitrogen and oxygen atoms in total. The fourth-order valence-corrected chi connectivity index (χ4v) is 2.75. The molecule has 0 spiro atoms. The number of nitrogens with two attached hydrogens (primary N) is 1. The molecular weight excluding hydrogens is 204 g/mol. The molecule has 0 bridgehead atoms. The number of carbonyl (C=O) groups excluding carboxylic acids is 1. The summed E-state index contributed by atoms with van der Waals surface area (Å²) in [5.41, 5.74) is 5.26. The second kappa shape index (κ2) is 4.34. The standard InChI is InChI=1S/C12H22N2O2/c1-2-12(16)7-14(8-12)11(15)9-4-3-5-10(13)6-9/h9-10,16H,2-8,13H2,1H3. The molecule has 1 saturated heterocycles. The number of carbonyl (C=O) groups is 1. The smallest absolute Gasteiger partial charge is 0.225 e. The van der Waals surface area contributed by atoms with Crippen molar-refractivity contribution in [2.45, 2.75) is 50.7 Å². The van der Waals surface area contributed by atoms with E-state index in [0.717, 1.165) is 32.1 Å². The van der Waals surface area contributed by atoms with E-state index in [2.05, 4.69) is 0 Å². The van der Waals surface area contributed by atoms with Gasteiger partial charge in [0.1, 0.15) is 0 Å². The van der Waals surface area contributed by atoms with Crippen molar-refractivity contribution >= 4 is 5.91 Å². The fraction of sp³-hybridized carbons (Fsp3) is 0.917. The summed E-state index contributed by atoms with van der Waals surface area (Å²) >= 11 is 0. The maximum atomic E-state index is 12.1. The molecule has 2 fully saturated rings. The maximum Gasteiger partial charge on any atom is 0.225 e. The SMILES string of the molecule is CCC1(O)CN(C(=O)C2CCCC(N)C2)C1. The highest BCUT2D eigenvalue weighted by Gasteiger charge is 2.44. The van der Waals surface area contributed by atoms with Crippen molar-refractivity contribution in [3.05, 3.63) is 0 Å². The highest BCUT2D eigenvalue weighted by atomic mass is 16.3. The quantitative estimate of drug-likeness (QED) is 0.720. The summed E-state index contributed by atoms with van der Waals surface area (Å²) in [5.74, 6) is 0.304. The van der Waals surface area contributed by atoms with Gasteiger partial charge in [-0.15, -0.1) is 0 Å². The molecule has 1 aliphatic heterocycles. The lowest BCUT2D eigenvalue weighted by Crippen LogP contribution is -2.64. The molecule has 0 aromatic heterocycles. The van der Waals surface area contributed by atoms with Gasteiger partial charge in [-0.1, -0.05) is 13.3 Å². The van der Waals surface area contributed by atoms with Crippen LogP contribution in [-0.4, -0.2) is 40.6 Å². The minimum absolute atomic E-state index is 0.102. The van der Waals surface area contributed by atoms with E-state index >= 15 is 0 Å². The van der Waals surface area contributed by atoms with Crippen LogP contribution in [-0.2, 0) is 4.79 Å². The Bertz CT molecular complexity index is 274. The number of β-amino-alcohol motifs (C(OH)–C–C–N with tert-alkyl or cyclic N) is 1. The van der Waals surface area contributed by atoms with Gasteiger partial charge >= 0.3 is 0 Å². The van der Waals surface area contributed by atoms with Gasteiger partial charge in [-0.2, -0.15) is 0 Å². The van der Waals surface area contributed by atoms with Crippen molar-refractivity contribution < 1.29 is 9.90 Å². The maximum absolute atomic E-state index is 12.1. The zero-order valence-electron chi connectivity index (χ0n) is 9.98. The Labute approximate surface area is 96.8 Å². The minimum atomic E-state index is -0.619. The van der Waals surface area contributed by atoms with E-state index in [1.54, 1.807) is 4.90 Å². The van der Waals surface area contributed by atoms with E-state index in [9.17, 15) is 9.90 Å². The molecule has 2 aliphatic rings. The van der Waals surface area contributed by atoms with E-state index in [0.29, 0.717) is 13.1 Å². The van der Waals surface area contributed by atoms with Gasteiger partial charge in [0, 0.05) is 12.0 Å². The first-order valence-corrected chi connectivity index (χ1v) is 6.31. The number of aliphatic hydroxyl groups is 1. The van der Waals surface area contributed by atoms with E-state index in [-0.39, 0.29) is 17.9 Å². The van der Waals surface area contributed by atoms with Crippen molar-refractivity contribution in [3.8, 4) is 0 Å². The first-order valence-electron chi connectivity index (χ1n) is 6.31. The molecule has 3 N–H and O–H groups in total. The van der Waals surface area contributed by atoms with Crippen LogP contribution in [0.2, 0.25) is 0 Å². The fourth-order valence-electron chi connectivity index (χ4n) is 2.75. The van der Waals surface area contributed by atoms with Crippen LogP contribution in [0.25, 0.3) is 0 Å². The van der Waals surface area contributed by atoms with Crippen LogP contribution in [0.3, 0.4) is 0 Å². The average molecular weight is 226 g/mol. The molecule has 92 valence electrons. The van der Waals surface area contributed by atoms with Crippen LogP contribution in [0.5, 0.6) is 0 Å². The molecule has 1 aliphatic carbocycles. The Hall–Kier alpha value is -0.610. The topological polar surface area (TPSA) is 66.6 Å². The van der Waals surface area contributed by atoms with E-state index in [1.807, 2.05) is 6.92 Å². The van der Waals surface area contributed by atoms with Crippen molar-refractivity contribution in [3.63, 3.8) is 0 Å². The highest BCUT2D eigenvalue weighted by molar-refractivity contribution is 5.80. The number of rotatable bonds is 2. The average Bonchev–Trinajstić information content (AvgIpc) is 2.24. The zero-order valence-corrected chi connectivity index (χ0v) is 9.98. The molecule has 0 radical (unpaired) electrons. The highest BCUT2D eigenvalue weighted by Crippen LogP contribution is 2.30. The van der Waals surface area contributed by atoms with E-state index in [4.69, 9.17) is 5.73 Å². The molecule has 2 unspecified atom stereocenters. The van der Waals surface area contributed by atoms with Gasteiger partial charge in [0.2, 0.25) is 5.91 Å². The molecule has 1 saturated carbocycles. The molecule has 0 aromatic rings. The number of hydrogen-bond acceptors (Lipinski definition) is 3. The molecule has 1 heterocycles. The van der Waals surface area contributed by atoms with Crippen LogP contribution in [0.15, 0.2) is 0 Å². The lowest BCUT2D eigenvalue weighted by atomic mass is 9.83. The zero-order chi connectivity index (χ0) is 11.8. The number of likely N-dealkylation sites (tertiary alicyclic amines) is 1. The largest absolute Gasteiger partial charge is 0.386 e. The summed E-state index contributed by atoms with van der Waals surface area (Å²) in [6.07, 6.45) is 4.61. The molecule has 16 heavy (non-hydrogen) atoms. The molecule has 0 aromatic carbocycles.